The van der Waals surface area contributed by atoms with Crippen molar-refractivity contribution in [2.45, 2.75) is 29.5 Å². The van der Waals surface area contributed by atoms with Crippen molar-refractivity contribution in [3.8, 4) is 17.2 Å². The number of benzene rings is 3. The molecule has 0 aliphatic carbocycles. The van der Waals surface area contributed by atoms with Gasteiger partial charge in [-0.1, -0.05) is 59.8 Å². The predicted octanol–water partition coefficient (Wildman–Crippen LogP) is 6.92. The smallest absolute Gasteiger partial charge is 0.301 e. The van der Waals surface area contributed by atoms with E-state index in [4.69, 9.17) is 25.8 Å². The van der Waals surface area contributed by atoms with Gasteiger partial charge in [0.25, 0.3) is 5.78 Å². The van der Waals surface area contributed by atoms with Crippen molar-refractivity contribution in [2.24, 2.45) is 0 Å². The van der Waals surface area contributed by atoms with Gasteiger partial charge in [0, 0.05) is 16.3 Å². The monoisotopic (exact) mass is 637 g/mol. The second-order valence-corrected chi connectivity index (χ2v) is 12.0. The number of aromatic nitrogens is 2. The third-order valence-electron chi connectivity index (χ3n) is 6.65. The van der Waals surface area contributed by atoms with Crippen LogP contribution in [0.15, 0.2) is 76.6 Å². The first-order valence-electron chi connectivity index (χ1n) is 13.3. The number of Topliss-reactive ketones (excluding diaryl/α,β-unsaturated/α-hetero) is 1. The highest BCUT2D eigenvalue weighted by atomic mass is 35.5. The van der Waals surface area contributed by atoms with Gasteiger partial charge >= 0.3 is 5.91 Å². The number of amides is 1. The fraction of sp³-hybridized carbons (Fsp3) is 0.226. The number of nitrogens with zero attached hydrogens (tertiary/aromatic N) is 3. The zero-order valence-corrected chi connectivity index (χ0v) is 26.0. The van der Waals surface area contributed by atoms with E-state index in [0.29, 0.717) is 50.1 Å². The summed E-state index contributed by atoms with van der Waals surface area (Å²) in [5.41, 5.74) is 1.85. The van der Waals surface area contributed by atoms with Gasteiger partial charge in [-0.15, -0.1) is 10.2 Å². The van der Waals surface area contributed by atoms with Gasteiger partial charge in [0.2, 0.25) is 5.13 Å². The summed E-state index contributed by atoms with van der Waals surface area (Å²) in [5.74, 6) is 0.144. The van der Waals surface area contributed by atoms with Crippen LogP contribution in [-0.2, 0) is 15.3 Å². The molecule has 222 valence electrons. The number of carbonyl (C=O) groups is 2. The van der Waals surface area contributed by atoms with Crippen LogP contribution in [0.1, 0.15) is 36.1 Å². The molecule has 1 atom stereocenters. The standard InChI is InChI=1S/C31H28ClN3O6S2/c1-4-15-41-22-12-7-19(8-13-22)27(36)25-26(20-9-14-23(39-2)24(16-20)40-3)35(29(38)28(25)37)30-33-34-31(43-30)42-17-18-5-10-21(32)11-6-18/h5-14,16,26,36H,4,15,17H2,1-3H3/b27-25-. The predicted molar refractivity (Wildman–Crippen MR) is 167 cm³/mol. The first kappa shape index (κ1) is 30.4. The van der Waals surface area contributed by atoms with Crippen LogP contribution >= 0.6 is 34.7 Å². The van der Waals surface area contributed by atoms with E-state index in [2.05, 4.69) is 10.2 Å². The van der Waals surface area contributed by atoms with Crippen molar-refractivity contribution in [1.29, 1.82) is 0 Å². The quantitative estimate of drug-likeness (QED) is 0.0616. The average Bonchev–Trinajstić information content (AvgIpc) is 3.60. The Morgan fingerprint density at radius 1 is 1.00 bits per heavy atom. The number of anilines is 1. The Balaban J connectivity index is 1.54. The number of thioether (sulfide) groups is 1. The molecule has 9 nitrogen and oxygen atoms in total. The van der Waals surface area contributed by atoms with Crippen LogP contribution < -0.4 is 19.1 Å². The average molecular weight is 638 g/mol. The van der Waals surface area contributed by atoms with Gasteiger partial charge in [-0.3, -0.25) is 14.5 Å². The number of hydrogen-bond acceptors (Lipinski definition) is 10. The third-order valence-corrected chi connectivity index (χ3v) is 9.02. The highest BCUT2D eigenvalue weighted by Gasteiger charge is 2.48. The number of ether oxygens (including phenoxy) is 3. The third kappa shape index (κ3) is 6.48. The number of carbonyl (C=O) groups excluding carboxylic acids is 2. The lowest BCUT2D eigenvalue weighted by Gasteiger charge is -2.23. The molecule has 1 aliphatic heterocycles. The number of aliphatic hydroxyl groups excluding tert-OH is 1. The van der Waals surface area contributed by atoms with E-state index in [1.807, 2.05) is 31.2 Å². The molecule has 0 saturated carbocycles. The van der Waals surface area contributed by atoms with Gasteiger partial charge in [-0.05, 0) is 66.1 Å². The van der Waals surface area contributed by atoms with Crippen molar-refractivity contribution < 1.29 is 28.9 Å². The Bertz CT molecular complexity index is 1660. The SMILES string of the molecule is CCCOc1ccc(/C(O)=C2/C(=O)C(=O)N(c3nnc(SCc4ccc(Cl)cc4)s3)C2c2ccc(OC)c(OC)c2)cc1. The molecule has 2 heterocycles. The van der Waals surface area contributed by atoms with Crippen LogP contribution in [-0.4, -0.2) is 47.8 Å². The molecule has 1 saturated heterocycles. The van der Waals surface area contributed by atoms with Gasteiger partial charge in [0.1, 0.15) is 11.5 Å². The summed E-state index contributed by atoms with van der Waals surface area (Å²) in [5, 5.41) is 20.9. The van der Waals surface area contributed by atoms with E-state index >= 15 is 0 Å². The summed E-state index contributed by atoms with van der Waals surface area (Å²) in [6, 6.07) is 18.3. The van der Waals surface area contributed by atoms with E-state index in [-0.39, 0.29) is 16.5 Å². The van der Waals surface area contributed by atoms with E-state index < -0.39 is 17.7 Å². The topological polar surface area (TPSA) is 111 Å². The molecule has 3 aromatic carbocycles. The molecule has 4 aromatic rings. The minimum Gasteiger partial charge on any atom is -0.507 e. The fourth-order valence-electron chi connectivity index (χ4n) is 4.54. The molecule has 1 fully saturated rings. The Morgan fingerprint density at radius 3 is 2.40 bits per heavy atom. The lowest BCUT2D eigenvalue weighted by atomic mass is 9.95. The largest absolute Gasteiger partial charge is 0.507 e. The van der Waals surface area contributed by atoms with E-state index in [0.717, 1.165) is 12.0 Å². The van der Waals surface area contributed by atoms with E-state index in [1.54, 1.807) is 42.5 Å². The second kappa shape index (κ2) is 13.5. The van der Waals surface area contributed by atoms with Crippen LogP contribution in [0.25, 0.3) is 5.76 Å². The lowest BCUT2D eigenvalue weighted by Crippen LogP contribution is -2.29. The summed E-state index contributed by atoms with van der Waals surface area (Å²) in [6.45, 7) is 2.56. The maximum absolute atomic E-state index is 13.6. The molecule has 1 aromatic heterocycles. The number of aliphatic hydroxyl groups is 1. The van der Waals surface area contributed by atoms with Gasteiger partial charge < -0.3 is 19.3 Å². The molecule has 5 rings (SSSR count). The Kier molecular flexibility index (Phi) is 9.54. The minimum absolute atomic E-state index is 0.0787. The number of ketones is 1. The first-order chi connectivity index (χ1) is 20.8. The van der Waals surface area contributed by atoms with Crippen LogP contribution in [0.2, 0.25) is 5.02 Å². The van der Waals surface area contributed by atoms with Crippen molar-refractivity contribution in [2.75, 3.05) is 25.7 Å². The van der Waals surface area contributed by atoms with Crippen LogP contribution in [0, 0.1) is 0 Å². The summed E-state index contributed by atoms with van der Waals surface area (Å²) in [4.78, 5) is 28.4. The zero-order valence-electron chi connectivity index (χ0n) is 23.6. The van der Waals surface area contributed by atoms with Crippen LogP contribution in [0.3, 0.4) is 0 Å². The maximum Gasteiger partial charge on any atom is 0.301 e. The van der Waals surface area contributed by atoms with Crippen molar-refractivity contribution in [3.63, 3.8) is 0 Å². The zero-order chi connectivity index (χ0) is 30.5. The maximum atomic E-state index is 13.6. The number of hydrogen-bond donors (Lipinski definition) is 1. The van der Waals surface area contributed by atoms with Crippen molar-refractivity contribution >= 4 is 57.3 Å². The van der Waals surface area contributed by atoms with Gasteiger partial charge in [-0.2, -0.15) is 0 Å². The Morgan fingerprint density at radius 2 is 1.72 bits per heavy atom. The molecular weight excluding hydrogens is 610 g/mol. The molecule has 0 spiro atoms. The Labute approximate surface area is 262 Å². The highest BCUT2D eigenvalue weighted by Crippen LogP contribution is 2.45. The van der Waals surface area contributed by atoms with E-state index in [1.165, 1.54) is 42.2 Å². The molecule has 43 heavy (non-hydrogen) atoms. The van der Waals surface area contributed by atoms with Crippen molar-refractivity contribution in [3.05, 3.63) is 94.0 Å². The molecule has 0 bridgehead atoms. The van der Waals surface area contributed by atoms with Crippen molar-refractivity contribution in [1.82, 2.24) is 10.2 Å². The van der Waals surface area contributed by atoms with Crippen LogP contribution in [0.4, 0.5) is 5.13 Å². The second-order valence-electron chi connectivity index (χ2n) is 9.42. The molecule has 1 amide bonds. The van der Waals surface area contributed by atoms with Crippen LogP contribution in [0.5, 0.6) is 17.2 Å². The first-order valence-corrected chi connectivity index (χ1v) is 15.5. The summed E-state index contributed by atoms with van der Waals surface area (Å²) >= 11 is 8.63. The van der Waals surface area contributed by atoms with Gasteiger partial charge in [0.15, 0.2) is 15.8 Å². The normalized spacial score (nSPS) is 16.0. The molecule has 1 N–H and O–H groups in total. The number of methoxy groups -OCH3 is 2. The Hall–Kier alpha value is -4.06. The summed E-state index contributed by atoms with van der Waals surface area (Å²) in [7, 11) is 3.01. The van der Waals surface area contributed by atoms with Gasteiger partial charge in [-0.25, -0.2) is 0 Å². The summed E-state index contributed by atoms with van der Waals surface area (Å²) in [6.07, 6.45) is 0.851. The minimum atomic E-state index is -1.00. The molecular formula is C31H28ClN3O6S2. The molecule has 1 unspecified atom stereocenters. The molecule has 0 radical (unpaired) electrons. The fourth-order valence-corrected chi connectivity index (χ4v) is 6.49. The summed E-state index contributed by atoms with van der Waals surface area (Å²) < 4.78 is 17.1. The number of rotatable bonds is 11. The molecule has 1 aliphatic rings. The van der Waals surface area contributed by atoms with E-state index in [9.17, 15) is 14.7 Å². The molecule has 12 heteroatoms. The highest BCUT2D eigenvalue weighted by molar-refractivity contribution is 8.00. The lowest BCUT2D eigenvalue weighted by molar-refractivity contribution is -0.132. The van der Waals surface area contributed by atoms with Gasteiger partial charge in [0.05, 0.1) is 32.4 Å². The number of halogens is 1.